The van der Waals surface area contributed by atoms with Crippen LogP contribution in [0.2, 0.25) is 0 Å². The zero-order valence-corrected chi connectivity index (χ0v) is 11.1. The Labute approximate surface area is 105 Å². The number of unbranched alkanes of at least 4 members (excludes halogenated alkanes) is 2. The number of hydrogen-bond donors (Lipinski definition) is 1. The number of rotatable bonds is 9. The molecule has 0 fully saturated rings. The van der Waals surface area contributed by atoms with Crippen molar-refractivity contribution in [3.8, 4) is 0 Å². The molecule has 98 valence electrons. The first-order chi connectivity index (χ1) is 8.31. The predicted molar refractivity (Wildman–Crippen MR) is 72.1 cm³/mol. The van der Waals surface area contributed by atoms with E-state index in [0.717, 1.165) is 32.1 Å². The lowest BCUT2D eigenvalue weighted by atomic mass is 10.2. The SMILES string of the molecule is CC/C=C\CC/C=C/CNC(=O)OCCCC. The number of carbonyl (C=O) groups excluding carboxylic acids is 1. The molecule has 1 N–H and O–H groups in total. The normalized spacial score (nSPS) is 11.2. The van der Waals surface area contributed by atoms with Gasteiger partial charge in [-0.1, -0.05) is 44.6 Å². The summed E-state index contributed by atoms with van der Waals surface area (Å²) in [5, 5.41) is 2.68. The second kappa shape index (κ2) is 12.8. The third kappa shape index (κ3) is 12.7. The van der Waals surface area contributed by atoms with Crippen molar-refractivity contribution in [1.29, 1.82) is 0 Å². The second-order valence-corrected chi connectivity index (χ2v) is 3.80. The van der Waals surface area contributed by atoms with Gasteiger partial charge < -0.3 is 10.1 Å². The third-order valence-corrected chi connectivity index (χ3v) is 2.16. The summed E-state index contributed by atoms with van der Waals surface area (Å²) in [5.74, 6) is 0. The molecule has 0 saturated carbocycles. The maximum Gasteiger partial charge on any atom is 0.407 e. The first-order valence-corrected chi connectivity index (χ1v) is 6.51. The van der Waals surface area contributed by atoms with Crippen molar-refractivity contribution in [2.45, 2.75) is 46.0 Å². The van der Waals surface area contributed by atoms with Crippen molar-refractivity contribution in [3.63, 3.8) is 0 Å². The largest absolute Gasteiger partial charge is 0.450 e. The highest BCUT2D eigenvalue weighted by molar-refractivity contribution is 5.67. The molecule has 0 radical (unpaired) electrons. The van der Waals surface area contributed by atoms with Gasteiger partial charge in [-0.05, 0) is 25.7 Å². The zero-order valence-electron chi connectivity index (χ0n) is 11.1. The fourth-order valence-corrected chi connectivity index (χ4v) is 1.18. The minimum atomic E-state index is -0.325. The molecule has 0 bridgehead atoms. The Kier molecular flexibility index (Phi) is 11.9. The Morgan fingerprint density at radius 2 is 1.82 bits per heavy atom. The number of nitrogens with one attached hydrogen (secondary N) is 1. The van der Waals surface area contributed by atoms with Gasteiger partial charge in [0.1, 0.15) is 0 Å². The molecule has 1 amide bonds. The van der Waals surface area contributed by atoms with Crippen molar-refractivity contribution >= 4 is 6.09 Å². The average molecular weight is 239 g/mol. The predicted octanol–water partition coefficient (Wildman–Crippen LogP) is 3.82. The summed E-state index contributed by atoms with van der Waals surface area (Å²) in [6, 6.07) is 0. The van der Waals surface area contributed by atoms with Gasteiger partial charge in [0.25, 0.3) is 0 Å². The monoisotopic (exact) mass is 239 g/mol. The highest BCUT2D eigenvalue weighted by Crippen LogP contribution is 1.93. The molecule has 3 nitrogen and oxygen atoms in total. The van der Waals surface area contributed by atoms with E-state index in [1.165, 1.54) is 0 Å². The van der Waals surface area contributed by atoms with Crippen LogP contribution in [0.4, 0.5) is 4.79 Å². The van der Waals surface area contributed by atoms with E-state index in [0.29, 0.717) is 13.2 Å². The van der Waals surface area contributed by atoms with Crippen molar-refractivity contribution in [2.24, 2.45) is 0 Å². The van der Waals surface area contributed by atoms with Crippen molar-refractivity contribution in [2.75, 3.05) is 13.2 Å². The van der Waals surface area contributed by atoms with Crippen LogP contribution in [-0.4, -0.2) is 19.2 Å². The summed E-state index contributed by atoms with van der Waals surface area (Å²) in [5.41, 5.74) is 0. The number of hydrogen-bond acceptors (Lipinski definition) is 2. The molecule has 0 rings (SSSR count). The van der Waals surface area contributed by atoms with Gasteiger partial charge in [-0.25, -0.2) is 4.79 Å². The fraction of sp³-hybridized carbons (Fsp3) is 0.643. The summed E-state index contributed by atoms with van der Waals surface area (Å²) in [4.78, 5) is 11.1. The molecule has 0 atom stereocenters. The molecule has 0 aromatic rings. The molecular formula is C14H25NO2. The number of ether oxygens (including phenoxy) is 1. The van der Waals surface area contributed by atoms with Crippen LogP contribution in [0.25, 0.3) is 0 Å². The standard InChI is InChI=1S/C14H25NO2/c1-3-5-7-8-9-10-11-12-15-14(16)17-13-6-4-2/h5,7,10-11H,3-4,6,8-9,12-13H2,1-2H3,(H,15,16)/b7-5-,11-10+. The van der Waals surface area contributed by atoms with Crippen LogP contribution >= 0.6 is 0 Å². The van der Waals surface area contributed by atoms with E-state index in [2.05, 4.69) is 37.4 Å². The molecule has 0 spiro atoms. The summed E-state index contributed by atoms with van der Waals surface area (Å²) < 4.78 is 4.95. The van der Waals surface area contributed by atoms with Crippen molar-refractivity contribution in [3.05, 3.63) is 24.3 Å². The van der Waals surface area contributed by atoms with E-state index in [1.54, 1.807) is 0 Å². The van der Waals surface area contributed by atoms with Gasteiger partial charge in [-0.3, -0.25) is 0 Å². The van der Waals surface area contributed by atoms with Gasteiger partial charge in [-0.15, -0.1) is 0 Å². The lowest BCUT2D eigenvalue weighted by Gasteiger charge is -2.03. The average Bonchev–Trinajstić information content (AvgIpc) is 2.33. The summed E-state index contributed by atoms with van der Waals surface area (Å²) in [7, 11) is 0. The molecule has 3 heteroatoms. The van der Waals surface area contributed by atoms with E-state index in [4.69, 9.17) is 4.74 Å². The molecule has 0 aliphatic rings. The molecule has 0 aromatic carbocycles. The number of alkyl carbamates (subject to hydrolysis) is 1. The molecule has 0 aliphatic carbocycles. The molecule has 0 aliphatic heterocycles. The Bertz CT molecular complexity index is 234. The number of allylic oxidation sites excluding steroid dienone is 3. The molecule has 0 saturated heterocycles. The minimum Gasteiger partial charge on any atom is -0.450 e. The molecule has 0 unspecified atom stereocenters. The van der Waals surface area contributed by atoms with Gasteiger partial charge in [0, 0.05) is 6.54 Å². The second-order valence-electron chi connectivity index (χ2n) is 3.80. The van der Waals surface area contributed by atoms with E-state index in [1.807, 2.05) is 6.08 Å². The third-order valence-electron chi connectivity index (χ3n) is 2.16. The fourth-order valence-electron chi connectivity index (χ4n) is 1.18. The van der Waals surface area contributed by atoms with Crippen LogP contribution < -0.4 is 5.32 Å². The Balaban J connectivity index is 3.33. The quantitative estimate of drug-likeness (QED) is 0.490. The van der Waals surface area contributed by atoms with E-state index in [-0.39, 0.29) is 6.09 Å². The Hall–Kier alpha value is -1.25. The van der Waals surface area contributed by atoms with Crippen LogP contribution in [0.3, 0.4) is 0 Å². The number of carbonyl (C=O) groups is 1. The van der Waals surface area contributed by atoms with Gasteiger partial charge in [0.05, 0.1) is 6.61 Å². The zero-order chi connectivity index (χ0) is 12.8. The van der Waals surface area contributed by atoms with Crippen LogP contribution in [0, 0.1) is 0 Å². The maximum atomic E-state index is 11.1. The van der Waals surface area contributed by atoms with Crippen LogP contribution in [0.1, 0.15) is 46.0 Å². The summed E-state index contributed by atoms with van der Waals surface area (Å²) >= 11 is 0. The van der Waals surface area contributed by atoms with E-state index < -0.39 is 0 Å². The van der Waals surface area contributed by atoms with E-state index >= 15 is 0 Å². The minimum absolute atomic E-state index is 0.325. The molecule has 17 heavy (non-hydrogen) atoms. The van der Waals surface area contributed by atoms with E-state index in [9.17, 15) is 4.79 Å². The van der Waals surface area contributed by atoms with Gasteiger partial charge >= 0.3 is 6.09 Å². The molecule has 0 aromatic heterocycles. The Morgan fingerprint density at radius 1 is 1.12 bits per heavy atom. The first-order valence-electron chi connectivity index (χ1n) is 6.51. The highest BCUT2D eigenvalue weighted by Gasteiger charge is 1.97. The van der Waals surface area contributed by atoms with Gasteiger partial charge in [0.2, 0.25) is 0 Å². The lowest BCUT2D eigenvalue weighted by Crippen LogP contribution is -2.24. The van der Waals surface area contributed by atoms with Crippen molar-refractivity contribution < 1.29 is 9.53 Å². The maximum absolute atomic E-state index is 11.1. The number of amides is 1. The topological polar surface area (TPSA) is 38.3 Å². The first kappa shape index (κ1) is 15.8. The van der Waals surface area contributed by atoms with Crippen LogP contribution in [-0.2, 0) is 4.74 Å². The smallest absolute Gasteiger partial charge is 0.407 e. The molecular weight excluding hydrogens is 214 g/mol. The highest BCUT2D eigenvalue weighted by atomic mass is 16.5. The Morgan fingerprint density at radius 3 is 2.47 bits per heavy atom. The van der Waals surface area contributed by atoms with Gasteiger partial charge in [0.15, 0.2) is 0 Å². The molecule has 0 heterocycles. The van der Waals surface area contributed by atoms with Crippen molar-refractivity contribution in [1.82, 2.24) is 5.32 Å². The summed E-state index contributed by atoms with van der Waals surface area (Å²) in [6.07, 6.45) is 13.2. The van der Waals surface area contributed by atoms with Gasteiger partial charge in [-0.2, -0.15) is 0 Å². The van der Waals surface area contributed by atoms with Crippen LogP contribution in [0.5, 0.6) is 0 Å². The summed E-state index contributed by atoms with van der Waals surface area (Å²) in [6.45, 7) is 5.24. The van der Waals surface area contributed by atoms with Crippen LogP contribution in [0.15, 0.2) is 24.3 Å². The lowest BCUT2D eigenvalue weighted by molar-refractivity contribution is 0.145.